The lowest BCUT2D eigenvalue weighted by Crippen LogP contribution is -2.49. The molecule has 2 heterocycles. The summed E-state index contributed by atoms with van der Waals surface area (Å²) in [4.78, 5) is 29.4. The molecule has 1 aromatic carbocycles. The van der Waals surface area contributed by atoms with E-state index in [1.807, 2.05) is 17.9 Å². The molecule has 5 heteroatoms. The second-order valence-electron chi connectivity index (χ2n) is 7.50. The standard InChI is InChI=1S/C22H26N2O3/c1-16-20-18(25)8-5-9-19(20)27-21(16)22(26)24-14-12-23(13-15-24)11-10-17-6-3-2-4-7-17/h2-4,6-7H,5,8-15H2,1H3. The fourth-order valence-electron chi connectivity index (χ4n) is 4.10. The SMILES string of the molecule is Cc1c(C(=O)N2CCN(CCc3ccccc3)CC2)oc2c1C(=O)CCC2. The molecule has 4 rings (SSSR count). The molecule has 0 saturated carbocycles. The molecule has 5 nitrogen and oxygen atoms in total. The van der Waals surface area contributed by atoms with Gasteiger partial charge in [-0.15, -0.1) is 0 Å². The van der Waals surface area contributed by atoms with E-state index in [9.17, 15) is 9.59 Å². The Morgan fingerprint density at radius 1 is 1.07 bits per heavy atom. The lowest BCUT2D eigenvalue weighted by Gasteiger charge is -2.34. The molecule has 1 saturated heterocycles. The van der Waals surface area contributed by atoms with Crippen LogP contribution >= 0.6 is 0 Å². The number of aryl methyl sites for hydroxylation is 1. The van der Waals surface area contributed by atoms with Crippen LogP contribution < -0.4 is 0 Å². The molecule has 0 atom stereocenters. The maximum atomic E-state index is 12.9. The number of rotatable bonds is 4. The molecule has 0 unspecified atom stereocenters. The topological polar surface area (TPSA) is 53.8 Å². The fourth-order valence-corrected chi connectivity index (χ4v) is 4.10. The van der Waals surface area contributed by atoms with Crippen LogP contribution in [-0.2, 0) is 12.8 Å². The number of amides is 1. The van der Waals surface area contributed by atoms with Gasteiger partial charge in [-0.3, -0.25) is 14.5 Å². The first-order valence-corrected chi connectivity index (χ1v) is 9.84. The van der Waals surface area contributed by atoms with Gasteiger partial charge in [0, 0.05) is 51.1 Å². The molecule has 2 aliphatic rings. The Kier molecular flexibility index (Phi) is 5.12. The van der Waals surface area contributed by atoms with Gasteiger partial charge in [-0.05, 0) is 25.3 Å². The molecular weight excluding hydrogens is 340 g/mol. The number of carbonyl (C=O) groups excluding carboxylic acids is 2. The lowest BCUT2D eigenvalue weighted by atomic mass is 9.94. The Bertz CT molecular complexity index is 833. The summed E-state index contributed by atoms with van der Waals surface area (Å²) in [5, 5.41) is 0. The van der Waals surface area contributed by atoms with Crippen LogP contribution in [-0.4, -0.2) is 54.2 Å². The van der Waals surface area contributed by atoms with E-state index in [4.69, 9.17) is 4.42 Å². The first kappa shape index (κ1) is 18.0. The minimum Gasteiger partial charge on any atom is -0.455 e. The average molecular weight is 366 g/mol. The number of ketones is 1. The van der Waals surface area contributed by atoms with E-state index in [1.165, 1.54) is 5.56 Å². The zero-order valence-corrected chi connectivity index (χ0v) is 15.9. The van der Waals surface area contributed by atoms with Crippen LogP contribution in [0.5, 0.6) is 0 Å². The Labute approximate surface area is 159 Å². The van der Waals surface area contributed by atoms with E-state index < -0.39 is 0 Å². The average Bonchev–Trinajstić information content (AvgIpc) is 3.05. The number of piperazine rings is 1. The molecule has 1 aliphatic carbocycles. The highest BCUT2D eigenvalue weighted by atomic mass is 16.4. The molecule has 0 bridgehead atoms. The van der Waals surface area contributed by atoms with Crippen molar-refractivity contribution in [2.24, 2.45) is 0 Å². The molecule has 0 N–H and O–H groups in total. The lowest BCUT2D eigenvalue weighted by molar-refractivity contribution is 0.0604. The van der Waals surface area contributed by atoms with E-state index in [1.54, 1.807) is 0 Å². The predicted octanol–water partition coefficient (Wildman–Crippen LogP) is 3.11. The highest BCUT2D eigenvalue weighted by Crippen LogP contribution is 2.30. The van der Waals surface area contributed by atoms with Gasteiger partial charge >= 0.3 is 0 Å². The normalized spacial score (nSPS) is 17.8. The summed E-state index contributed by atoms with van der Waals surface area (Å²) >= 11 is 0. The van der Waals surface area contributed by atoms with Crippen LogP contribution in [0.25, 0.3) is 0 Å². The van der Waals surface area contributed by atoms with Crippen molar-refractivity contribution in [3.8, 4) is 0 Å². The van der Waals surface area contributed by atoms with Crippen molar-refractivity contribution in [1.29, 1.82) is 0 Å². The van der Waals surface area contributed by atoms with Gasteiger partial charge < -0.3 is 9.32 Å². The van der Waals surface area contributed by atoms with Crippen LogP contribution in [0.15, 0.2) is 34.7 Å². The maximum absolute atomic E-state index is 12.9. The van der Waals surface area contributed by atoms with Gasteiger partial charge in [-0.25, -0.2) is 0 Å². The summed E-state index contributed by atoms with van der Waals surface area (Å²) in [7, 11) is 0. The number of hydrogen-bond donors (Lipinski definition) is 0. The highest BCUT2D eigenvalue weighted by molar-refractivity contribution is 6.03. The molecule has 142 valence electrons. The Morgan fingerprint density at radius 3 is 2.52 bits per heavy atom. The third kappa shape index (κ3) is 3.69. The molecule has 2 aromatic rings. The van der Waals surface area contributed by atoms with Crippen molar-refractivity contribution >= 4 is 11.7 Å². The van der Waals surface area contributed by atoms with Gasteiger partial charge in [-0.1, -0.05) is 30.3 Å². The van der Waals surface area contributed by atoms with Crippen LogP contribution in [0, 0.1) is 6.92 Å². The number of carbonyl (C=O) groups is 2. The van der Waals surface area contributed by atoms with Gasteiger partial charge in [0.05, 0.1) is 5.56 Å². The molecule has 1 aromatic heterocycles. The highest BCUT2D eigenvalue weighted by Gasteiger charge is 2.31. The number of benzene rings is 1. The molecule has 1 fully saturated rings. The molecule has 1 aliphatic heterocycles. The number of furan rings is 1. The zero-order valence-electron chi connectivity index (χ0n) is 15.9. The second kappa shape index (κ2) is 7.69. The van der Waals surface area contributed by atoms with E-state index in [2.05, 4.69) is 29.2 Å². The van der Waals surface area contributed by atoms with Crippen molar-refractivity contribution in [3.63, 3.8) is 0 Å². The van der Waals surface area contributed by atoms with Crippen LogP contribution in [0.2, 0.25) is 0 Å². The Morgan fingerprint density at radius 2 is 1.81 bits per heavy atom. The summed E-state index contributed by atoms with van der Waals surface area (Å²) in [6, 6.07) is 10.5. The Hall–Kier alpha value is -2.40. The first-order chi connectivity index (χ1) is 13.1. The van der Waals surface area contributed by atoms with Crippen LogP contribution in [0.4, 0.5) is 0 Å². The monoisotopic (exact) mass is 366 g/mol. The Balaban J connectivity index is 1.36. The van der Waals surface area contributed by atoms with Crippen molar-refractivity contribution < 1.29 is 14.0 Å². The van der Waals surface area contributed by atoms with Crippen LogP contribution in [0.1, 0.15) is 50.6 Å². The fraction of sp³-hybridized carbons (Fsp3) is 0.455. The second-order valence-corrected chi connectivity index (χ2v) is 7.50. The molecule has 1 amide bonds. The number of Topliss-reactive ketones (excluding diaryl/α,β-unsaturated/α-hetero) is 1. The van der Waals surface area contributed by atoms with Gasteiger partial charge in [0.2, 0.25) is 0 Å². The number of nitrogens with zero attached hydrogens (tertiary/aromatic N) is 2. The van der Waals surface area contributed by atoms with Crippen molar-refractivity contribution in [2.75, 3.05) is 32.7 Å². The van der Waals surface area contributed by atoms with E-state index in [0.29, 0.717) is 36.6 Å². The largest absolute Gasteiger partial charge is 0.455 e. The molecule has 0 spiro atoms. The minimum atomic E-state index is -0.0718. The molecule has 27 heavy (non-hydrogen) atoms. The number of hydrogen-bond acceptors (Lipinski definition) is 4. The van der Waals surface area contributed by atoms with Crippen molar-refractivity contribution in [3.05, 3.63) is 58.5 Å². The first-order valence-electron chi connectivity index (χ1n) is 9.84. The third-order valence-corrected chi connectivity index (χ3v) is 5.72. The van der Waals surface area contributed by atoms with Gasteiger partial charge in [0.1, 0.15) is 5.76 Å². The van der Waals surface area contributed by atoms with E-state index in [0.717, 1.165) is 44.5 Å². The summed E-state index contributed by atoms with van der Waals surface area (Å²) < 4.78 is 5.83. The summed E-state index contributed by atoms with van der Waals surface area (Å²) in [6.45, 7) is 6.00. The predicted molar refractivity (Wildman–Crippen MR) is 103 cm³/mol. The maximum Gasteiger partial charge on any atom is 0.289 e. The van der Waals surface area contributed by atoms with Gasteiger partial charge in [-0.2, -0.15) is 0 Å². The summed E-state index contributed by atoms with van der Waals surface area (Å²) in [6.07, 6.45) is 3.15. The third-order valence-electron chi connectivity index (χ3n) is 5.72. The van der Waals surface area contributed by atoms with Crippen molar-refractivity contribution in [1.82, 2.24) is 9.80 Å². The molecule has 0 radical (unpaired) electrons. The minimum absolute atomic E-state index is 0.0718. The van der Waals surface area contributed by atoms with E-state index >= 15 is 0 Å². The quantitative estimate of drug-likeness (QED) is 0.834. The summed E-state index contributed by atoms with van der Waals surface area (Å²) in [5.74, 6) is 1.11. The van der Waals surface area contributed by atoms with Gasteiger partial charge in [0.25, 0.3) is 5.91 Å². The van der Waals surface area contributed by atoms with Gasteiger partial charge in [0.15, 0.2) is 11.5 Å². The summed E-state index contributed by atoms with van der Waals surface area (Å²) in [5.41, 5.74) is 2.73. The van der Waals surface area contributed by atoms with E-state index in [-0.39, 0.29) is 11.7 Å². The number of fused-ring (bicyclic) bond motifs is 1. The smallest absolute Gasteiger partial charge is 0.289 e. The van der Waals surface area contributed by atoms with Crippen LogP contribution in [0.3, 0.4) is 0 Å². The zero-order chi connectivity index (χ0) is 18.8. The van der Waals surface area contributed by atoms with Crippen molar-refractivity contribution in [2.45, 2.75) is 32.6 Å². The molecular formula is C22H26N2O3.